The maximum absolute atomic E-state index is 14.6. The van der Waals surface area contributed by atoms with Crippen LogP contribution in [0.1, 0.15) is 30.4 Å². The van der Waals surface area contributed by atoms with Crippen LogP contribution in [0.4, 0.5) is 24.7 Å². The van der Waals surface area contributed by atoms with Gasteiger partial charge in [0.05, 0.1) is 35.8 Å². The molecule has 1 unspecified atom stereocenters. The van der Waals surface area contributed by atoms with Crippen LogP contribution < -0.4 is 16.2 Å². The molecule has 2 aromatic heterocycles. The topological polar surface area (TPSA) is 103 Å². The van der Waals surface area contributed by atoms with Crippen molar-refractivity contribution in [2.75, 3.05) is 17.2 Å². The van der Waals surface area contributed by atoms with Crippen LogP contribution in [0.3, 0.4) is 0 Å². The van der Waals surface area contributed by atoms with Gasteiger partial charge in [-0.1, -0.05) is 12.5 Å². The van der Waals surface area contributed by atoms with Crippen molar-refractivity contribution in [3.8, 4) is 5.69 Å². The van der Waals surface area contributed by atoms with Gasteiger partial charge in [0.2, 0.25) is 0 Å². The summed E-state index contributed by atoms with van der Waals surface area (Å²) in [6.07, 6.45) is 6.16. The number of rotatable bonds is 9. The second-order valence-electron chi connectivity index (χ2n) is 8.16. The van der Waals surface area contributed by atoms with Crippen molar-refractivity contribution in [3.05, 3.63) is 81.7 Å². The molecule has 1 atom stereocenters. The molecule has 7 nitrogen and oxygen atoms in total. The number of hydrogen-bond acceptors (Lipinski definition) is 6. The molecule has 1 fully saturated rings. The molecule has 0 saturated heterocycles. The zero-order valence-corrected chi connectivity index (χ0v) is 18.2. The highest BCUT2D eigenvalue weighted by Gasteiger charge is 2.27. The Hall–Kier alpha value is -3.66. The first-order chi connectivity index (χ1) is 16.4. The van der Waals surface area contributed by atoms with Gasteiger partial charge in [0, 0.05) is 30.6 Å². The minimum Gasteiger partial charge on any atom is -0.394 e. The average molecular weight is 471 g/mol. The largest absolute Gasteiger partial charge is 0.394 e. The van der Waals surface area contributed by atoms with Crippen molar-refractivity contribution in [2.45, 2.75) is 31.8 Å². The summed E-state index contributed by atoms with van der Waals surface area (Å²) in [5.41, 5.74) is -0.904. The van der Waals surface area contributed by atoms with Crippen LogP contribution in [-0.2, 0) is 6.54 Å². The second-order valence-corrected chi connectivity index (χ2v) is 8.16. The van der Waals surface area contributed by atoms with Crippen molar-refractivity contribution in [2.24, 2.45) is 5.92 Å². The predicted molar refractivity (Wildman–Crippen MR) is 123 cm³/mol. The molecule has 1 aliphatic carbocycles. The van der Waals surface area contributed by atoms with E-state index in [1.807, 2.05) is 0 Å². The highest BCUT2D eigenvalue weighted by Crippen LogP contribution is 2.31. The Balaban J connectivity index is 1.62. The highest BCUT2D eigenvalue weighted by atomic mass is 19.1. The Morgan fingerprint density at radius 1 is 1.21 bits per heavy atom. The standard InChI is InChI=1S/C24H24F3N5O2/c25-17-5-2-6-18(26)16(17)11-29-20-7-8-32(24(34)15(20)10-28)22-9-23(30-12-19(22)27)31-21(13-33)14-3-1-4-14/h2,5-10,12,14,21,28-29,33H,1,3-4,11,13H2,(H,30,31). The zero-order valence-electron chi connectivity index (χ0n) is 18.2. The van der Waals surface area contributed by atoms with E-state index in [0.29, 0.717) is 11.7 Å². The van der Waals surface area contributed by atoms with Crippen LogP contribution in [0.2, 0.25) is 0 Å². The number of nitrogens with one attached hydrogen (secondary N) is 3. The number of aliphatic hydroxyl groups excluding tert-OH is 1. The molecular weight excluding hydrogens is 447 g/mol. The summed E-state index contributed by atoms with van der Waals surface area (Å²) in [5, 5.41) is 23.2. The van der Waals surface area contributed by atoms with E-state index < -0.39 is 23.0 Å². The van der Waals surface area contributed by atoms with Gasteiger partial charge in [-0.3, -0.25) is 9.36 Å². The second kappa shape index (κ2) is 10.1. The van der Waals surface area contributed by atoms with E-state index in [4.69, 9.17) is 5.41 Å². The van der Waals surface area contributed by atoms with Crippen LogP contribution >= 0.6 is 0 Å². The molecule has 0 amide bonds. The van der Waals surface area contributed by atoms with Crippen LogP contribution in [0.25, 0.3) is 5.69 Å². The Morgan fingerprint density at radius 3 is 2.56 bits per heavy atom. The van der Waals surface area contributed by atoms with Gasteiger partial charge in [0.15, 0.2) is 5.82 Å². The summed E-state index contributed by atoms with van der Waals surface area (Å²) < 4.78 is 43.5. The molecule has 3 aromatic rings. The van der Waals surface area contributed by atoms with Crippen LogP contribution in [0.15, 0.2) is 47.5 Å². The van der Waals surface area contributed by atoms with E-state index >= 15 is 0 Å². The number of pyridine rings is 2. The fraction of sp³-hybridized carbons (Fsp3) is 0.292. The van der Waals surface area contributed by atoms with Gasteiger partial charge in [-0.05, 0) is 37.0 Å². The maximum atomic E-state index is 14.6. The summed E-state index contributed by atoms with van der Waals surface area (Å²) in [7, 11) is 0. The fourth-order valence-electron chi connectivity index (χ4n) is 3.96. The minimum atomic E-state index is -0.748. The molecule has 10 heteroatoms. The summed E-state index contributed by atoms with van der Waals surface area (Å²) in [6.45, 7) is -0.343. The van der Waals surface area contributed by atoms with Crippen LogP contribution in [0, 0.1) is 28.8 Å². The molecule has 34 heavy (non-hydrogen) atoms. The lowest BCUT2D eigenvalue weighted by atomic mass is 9.80. The lowest BCUT2D eigenvalue weighted by Gasteiger charge is -2.33. The Morgan fingerprint density at radius 2 is 1.94 bits per heavy atom. The van der Waals surface area contributed by atoms with Crippen molar-refractivity contribution in [1.82, 2.24) is 9.55 Å². The summed E-state index contributed by atoms with van der Waals surface area (Å²) >= 11 is 0. The zero-order chi connectivity index (χ0) is 24.2. The van der Waals surface area contributed by atoms with Crippen LogP contribution in [-0.4, -0.2) is 33.5 Å². The van der Waals surface area contributed by atoms with E-state index in [1.165, 1.54) is 24.4 Å². The number of halogens is 3. The van der Waals surface area contributed by atoms with Gasteiger partial charge in [-0.15, -0.1) is 0 Å². The molecule has 4 N–H and O–H groups in total. The summed E-state index contributed by atoms with van der Waals surface area (Å²) in [4.78, 5) is 17.1. The molecule has 4 rings (SSSR count). The third-order valence-corrected chi connectivity index (χ3v) is 6.13. The third kappa shape index (κ3) is 4.67. The minimum absolute atomic E-state index is 0.0809. The third-order valence-electron chi connectivity index (χ3n) is 6.13. The molecular formula is C24H24F3N5O2. The summed E-state index contributed by atoms with van der Waals surface area (Å²) in [6, 6.07) is 6.07. The number of aromatic nitrogens is 2. The van der Waals surface area contributed by atoms with Gasteiger partial charge in [-0.2, -0.15) is 0 Å². The van der Waals surface area contributed by atoms with Crippen molar-refractivity contribution >= 4 is 17.7 Å². The first kappa shape index (κ1) is 23.5. The van der Waals surface area contributed by atoms with Gasteiger partial charge < -0.3 is 21.1 Å². The average Bonchev–Trinajstić information content (AvgIpc) is 2.78. The molecule has 0 aliphatic heterocycles. The lowest BCUT2D eigenvalue weighted by molar-refractivity contribution is 0.187. The predicted octanol–water partition coefficient (Wildman–Crippen LogP) is 3.83. The number of benzene rings is 1. The van der Waals surface area contributed by atoms with Crippen molar-refractivity contribution in [1.29, 1.82) is 5.41 Å². The SMILES string of the molecule is N=Cc1c(NCc2c(F)cccc2F)ccn(-c2cc(NC(CO)C3CCC3)ncc2F)c1=O. The van der Waals surface area contributed by atoms with Crippen molar-refractivity contribution < 1.29 is 18.3 Å². The number of anilines is 2. The molecule has 1 aliphatic rings. The first-order valence-electron chi connectivity index (χ1n) is 10.9. The molecule has 0 radical (unpaired) electrons. The smallest absolute Gasteiger partial charge is 0.266 e. The van der Waals surface area contributed by atoms with Gasteiger partial charge in [-0.25, -0.2) is 18.2 Å². The maximum Gasteiger partial charge on any atom is 0.266 e. The Labute approximate surface area is 193 Å². The number of aliphatic hydroxyl groups is 1. The van der Waals surface area contributed by atoms with Crippen molar-refractivity contribution in [3.63, 3.8) is 0 Å². The van der Waals surface area contributed by atoms with E-state index in [2.05, 4.69) is 15.6 Å². The van der Waals surface area contributed by atoms with E-state index in [0.717, 1.165) is 48.4 Å². The molecule has 178 valence electrons. The van der Waals surface area contributed by atoms with Gasteiger partial charge in [0.1, 0.15) is 17.5 Å². The molecule has 0 bridgehead atoms. The molecule has 0 spiro atoms. The monoisotopic (exact) mass is 471 g/mol. The first-order valence-corrected chi connectivity index (χ1v) is 10.9. The number of hydrogen-bond donors (Lipinski definition) is 4. The quantitative estimate of drug-likeness (QED) is 0.355. The fourth-order valence-corrected chi connectivity index (χ4v) is 3.96. The lowest BCUT2D eigenvalue weighted by Crippen LogP contribution is -2.37. The normalized spacial score (nSPS) is 14.4. The van der Waals surface area contributed by atoms with Crippen LogP contribution in [0.5, 0.6) is 0 Å². The van der Waals surface area contributed by atoms with Gasteiger partial charge >= 0.3 is 0 Å². The Kier molecular flexibility index (Phi) is 6.97. The summed E-state index contributed by atoms with van der Waals surface area (Å²) in [5.74, 6) is -1.61. The molecule has 1 aromatic carbocycles. The molecule has 1 saturated carbocycles. The van der Waals surface area contributed by atoms with Gasteiger partial charge in [0.25, 0.3) is 5.56 Å². The Bertz CT molecular complexity index is 1240. The number of nitrogens with zero attached hydrogens (tertiary/aromatic N) is 2. The van der Waals surface area contributed by atoms with E-state index in [9.17, 15) is 23.1 Å². The molecule has 2 heterocycles. The van der Waals surface area contributed by atoms with E-state index in [-0.39, 0.29) is 41.7 Å². The highest BCUT2D eigenvalue weighted by molar-refractivity contribution is 5.85. The van der Waals surface area contributed by atoms with E-state index in [1.54, 1.807) is 0 Å².